The van der Waals surface area contributed by atoms with Gasteiger partial charge in [0.1, 0.15) is 11.5 Å². The topological polar surface area (TPSA) is 76.2 Å². The van der Waals surface area contributed by atoms with Gasteiger partial charge in [-0.2, -0.15) is 0 Å². The number of hydrogen-bond acceptors (Lipinski definition) is 4. The van der Waals surface area contributed by atoms with E-state index in [-0.39, 0.29) is 6.04 Å². The zero-order valence-electron chi connectivity index (χ0n) is 16.5. The second-order valence-electron chi connectivity index (χ2n) is 7.28. The highest BCUT2D eigenvalue weighted by Crippen LogP contribution is 2.34. The van der Waals surface area contributed by atoms with E-state index < -0.39 is 6.09 Å². The maximum Gasteiger partial charge on any atom is 0.412 e. The van der Waals surface area contributed by atoms with Gasteiger partial charge in [-0.25, -0.2) is 4.79 Å². The molecule has 3 aromatic rings. The van der Waals surface area contributed by atoms with Crippen LogP contribution in [-0.4, -0.2) is 29.2 Å². The molecule has 1 fully saturated rings. The molecule has 2 aromatic heterocycles. The number of nitrogens with one attached hydrogen (secondary N) is 2. The van der Waals surface area contributed by atoms with Crippen molar-refractivity contribution in [1.29, 1.82) is 0 Å². The molecule has 1 aromatic carbocycles. The summed E-state index contributed by atoms with van der Waals surface area (Å²) in [6.07, 6.45) is 10.6. The Balaban J connectivity index is 1.55. The van der Waals surface area contributed by atoms with Crippen LogP contribution in [0.1, 0.15) is 32.1 Å². The number of amides is 1. The van der Waals surface area contributed by atoms with E-state index in [1.165, 1.54) is 6.42 Å². The molecule has 1 aliphatic carbocycles. The lowest BCUT2D eigenvalue weighted by Crippen LogP contribution is -2.37. The molecule has 4 rings (SSSR count). The highest BCUT2D eigenvalue weighted by atomic mass is 16.6. The summed E-state index contributed by atoms with van der Waals surface area (Å²) in [5.41, 5.74) is 3.65. The standard InChI is InChI=1S/C23H25N3O3/c1-28-22-10-9-19(29-23(27)26-18-6-3-2-4-7-18)13-20(22)16-12-17(15-24-14-16)21-8-5-11-25-21/h5,8-15,18,25H,2-4,6-7H2,1H3,(H,26,27). The van der Waals surface area contributed by atoms with E-state index in [2.05, 4.69) is 15.3 Å². The first-order chi connectivity index (χ1) is 14.2. The lowest BCUT2D eigenvalue weighted by Gasteiger charge is -2.22. The summed E-state index contributed by atoms with van der Waals surface area (Å²) < 4.78 is 11.1. The Kier molecular flexibility index (Phi) is 5.79. The number of hydrogen-bond donors (Lipinski definition) is 2. The van der Waals surface area contributed by atoms with Gasteiger partial charge >= 0.3 is 6.09 Å². The molecule has 1 aliphatic rings. The third kappa shape index (κ3) is 4.59. The third-order valence-electron chi connectivity index (χ3n) is 5.27. The Morgan fingerprint density at radius 1 is 1.10 bits per heavy atom. The lowest BCUT2D eigenvalue weighted by molar-refractivity contribution is 0.192. The Morgan fingerprint density at radius 3 is 2.69 bits per heavy atom. The fourth-order valence-corrected chi connectivity index (χ4v) is 3.77. The summed E-state index contributed by atoms with van der Waals surface area (Å²) in [6, 6.07) is 11.5. The monoisotopic (exact) mass is 391 g/mol. The molecule has 0 bridgehead atoms. The van der Waals surface area contributed by atoms with E-state index in [4.69, 9.17) is 9.47 Å². The second-order valence-corrected chi connectivity index (χ2v) is 7.28. The second kappa shape index (κ2) is 8.82. The van der Waals surface area contributed by atoms with Crippen molar-refractivity contribution >= 4 is 6.09 Å². The first kappa shape index (κ1) is 19.1. The molecule has 2 N–H and O–H groups in total. The minimum atomic E-state index is -0.411. The van der Waals surface area contributed by atoms with Crippen molar-refractivity contribution in [3.05, 3.63) is 55.0 Å². The number of aromatic amines is 1. The molecule has 0 atom stereocenters. The van der Waals surface area contributed by atoms with Crippen molar-refractivity contribution in [2.24, 2.45) is 0 Å². The Bertz CT molecular complexity index is 963. The third-order valence-corrected chi connectivity index (χ3v) is 5.27. The average molecular weight is 391 g/mol. The van der Waals surface area contributed by atoms with Gasteiger partial charge in [-0.1, -0.05) is 19.3 Å². The van der Waals surface area contributed by atoms with E-state index in [1.807, 2.05) is 30.5 Å². The average Bonchev–Trinajstić information content (AvgIpc) is 3.29. The van der Waals surface area contributed by atoms with Crippen molar-refractivity contribution < 1.29 is 14.3 Å². The van der Waals surface area contributed by atoms with Crippen molar-refractivity contribution in [1.82, 2.24) is 15.3 Å². The lowest BCUT2D eigenvalue weighted by atomic mass is 9.96. The summed E-state index contributed by atoms with van der Waals surface area (Å²) in [6.45, 7) is 0. The molecule has 0 spiro atoms. The van der Waals surface area contributed by atoms with Crippen LogP contribution < -0.4 is 14.8 Å². The summed E-state index contributed by atoms with van der Waals surface area (Å²) in [4.78, 5) is 19.9. The predicted octanol–water partition coefficient (Wildman–Crippen LogP) is 5.17. The van der Waals surface area contributed by atoms with Gasteiger partial charge in [-0.15, -0.1) is 0 Å². The van der Waals surface area contributed by atoms with Crippen LogP contribution in [0.15, 0.2) is 55.0 Å². The van der Waals surface area contributed by atoms with Gasteiger partial charge < -0.3 is 19.8 Å². The summed E-state index contributed by atoms with van der Waals surface area (Å²) in [5, 5.41) is 2.97. The Hall–Kier alpha value is -3.28. The maximum atomic E-state index is 12.3. The predicted molar refractivity (Wildman–Crippen MR) is 112 cm³/mol. The van der Waals surface area contributed by atoms with Crippen molar-refractivity contribution in [2.75, 3.05) is 7.11 Å². The number of pyridine rings is 1. The van der Waals surface area contributed by atoms with Gasteiger partial charge in [-0.3, -0.25) is 4.98 Å². The molecule has 150 valence electrons. The molecular weight excluding hydrogens is 366 g/mol. The highest BCUT2D eigenvalue weighted by Gasteiger charge is 2.17. The minimum Gasteiger partial charge on any atom is -0.496 e. The van der Waals surface area contributed by atoms with E-state index in [9.17, 15) is 4.79 Å². The molecule has 29 heavy (non-hydrogen) atoms. The van der Waals surface area contributed by atoms with Gasteiger partial charge in [0.15, 0.2) is 0 Å². The molecule has 6 nitrogen and oxygen atoms in total. The van der Waals surface area contributed by atoms with Crippen LogP contribution >= 0.6 is 0 Å². The number of carbonyl (C=O) groups is 1. The molecule has 0 aliphatic heterocycles. The zero-order chi connectivity index (χ0) is 20.1. The Labute approximate surface area is 170 Å². The summed E-state index contributed by atoms with van der Waals surface area (Å²) >= 11 is 0. The van der Waals surface area contributed by atoms with Crippen molar-refractivity contribution in [3.63, 3.8) is 0 Å². The van der Waals surface area contributed by atoms with Crippen LogP contribution in [0, 0.1) is 0 Å². The van der Waals surface area contributed by atoms with Gasteiger partial charge in [0.05, 0.1) is 7.11 Å². The van der Waals surface area contributed by atoms with Crippen LogP contribution in [0.2, 0.25) is 0 Å². The van der Waals surface area contributed by atoms with Crippen molar-refractivity contribution in [3.8, 4) is 33.9 Å². The number of methoxy groups -OCH3 is 1. The van der Waals surface area contributed by atoms with E-state index >= 15 is 0 Å². The molecular formula is C23H25N3O3. The first-order valence-electron chi connectivity index (χ1n) is 9.98. The van der Waals surface area contributed by atoms with Gasteiger partial charge in [-0.05, 0) is 49.2 Å². The van der Waals surface area contributed by atoms with Gasteiger partial charge in [0.25, 0.3) is 0 Å². The zero-order valence-corrected chi connectivity index (χ0v) is 16.5. The van der Waals surface area contributed by atoms with Crippen LogP contribution in [0.4, 0.5) is 4.79 Å². The van der Waals surface area contributed by atoms with Gasteiger partial charge in [0, 0.05) is 47.0 Å². The number of aromatic nitrogens is 2. The maximum absolute atomic E-state index is 12.3. The number of ether oxygens (including phenoxy) is 2. The fraction of sp³-hybridized carbons (Fsp3) is 0.304. The van der Waals surface area contributed by atoms with E-state index in [1.54, 1.807) is 31.6 Å². The van der Waals surface area contributed by atoms with Crippen molar-refractivity contribution in [2.45, 2.75) is 38.1 Å². The molecule has 2 heterocycles. The molecule has 0 saturated heterocycles. The number of H-pyrrole nitrogens is 1. The van der Waals surface area contributed by atoms with E-state index in [0.717, 1.165) is 48.1 Å². The van der Waals surface area contributed by atoms with Crippen LogP contribution in [0.5, 0.6) is 11.5 Å². The number of nitrogens with zero attached hydrogens (tertiary/aromatic N) is 1. The Morgan fingerprint density at radius 2 is 1.93 bits per heavy atom. The first-order valence-corrected chi connectivity index (χ1v) is 9.98. The van der Waals surface area contributed by atoms with Crippen LogP contribution in [-0.2, 0) is 0 Å². The minimum absolute atomic E-state index is 0.204. The molecule has 6 heteroatoms. The summed E-state index contributed by atoms with van der Waals surface area (Å²) in [7, 11) is 1.62. The smallest absolute Gasteiger partial charge is 0.412 e. The molecule has 1 amide bonds. The normalized spacial score (nSPS) is 14.4. The number of carbonyl (C=O) groups excluding carboxylic acids is 1. The molecule has 1 saturated carbocycles. The van der Waals surface area contributed by atoms with Crippen LogP contribution in [0.25, 0.3) is 22.4 Å². The van der Waals surface area contributed by atoms with Crippen LogP contribution in [0.3, 0.4) is 0 Å². The number of benzene rings is 1. The fourth-order valence-electron chi connectivity index (χ4n) is 3.77. The summed E-state index contributed by atoms with van der Waals surface area (Å²) in [5.74, 6) is 1.16. The molecule has 0 radical (unpaired) electrons. The largest absolute Gasteiger partial charge is 0.496 e. The SMILES string of the molecule is COc1ccc(OC(=O)NC2CCCCC2)cc1-c1cncc(-c2ccc[nH]2)c1. The molecule has 0 unspecified atom stereocenters. The quantitative estimate of drug-likeness (QED) is 0.629. The highest BCUT2D eigenvalue weighted by molar-refractivity contribution is 5.77. The van der Waals surface area contributed by atoms with E-state index in [0.29, 0.717) is 11.5 Å². The van der Waals surface area contributed by atoms with Gasteiger partial charge in [0.2, 0.25) is 0 Å². The number of rotatable bonds is 5.